The highest BCUT2D eigenvalue weighted by molar-refractivity contribution is 5.79. The zero-order valence-electron chi connectivity index (χ0n) is 17.5. The number of amides is 2. The maximum Gasteiger partial charge on any atom is 0.320 e. The smallest absolute Gasteiger partial charge is 0.320 e. The van der Waals surface area contributed by atoms with Crippen LogP contribution in [-0.2, 0) is 18.9 Å². The molecule has 2 fully saturated rings. The van der Waals surface area contributed by atoms with Crippen molar-refractivity contribution in [2.24, 2.45) is 12.5 Å². The normalized spacial score (nSPS) is 29.1. The zero-order valence-corrected chi connectivity index (χ0v) is 17.5. The highest BCUT2D eigenvalue weighted by Crippen LogP contribution is 2.56. The highest BCUT2D eigenvalue weighted by Gasteiger charge is 2.57. The molecule has 0 radical (unpaired) electrons. The third-order valence-corrected chi connectivity index (χ3v) is 8.20. The molecule has 2 aliphatic heterocycles. The fourth-order valence-electron chi connectivity index (χ4n) is 5.94. The molecule has 1 aromatic carbocycles. The van der Waals surface area contributed by atoms with Crippen LogP contribution in [0.1, 0.15) is 57.6 Å². The van der Waals surface area contributed by atoms with Crippen LogP contribution in [0.2, 0.25) is 0 Å². The van der Waals surface area contributed by atoms with Gasteiger partial charge in [-0.05, 0) is 60.8 Å². The van der Waals surface area contributed by atoms with Crippen LogP contribution in [-0.4, -0.2) is 56.5 Å². The first-order valence-electron chi connectivity index (χ1n) is 10.7. The van der Waals surface area contributed by atoms with Gasteiger partial charge in [0.2, 0.25) is 0 Å². The van der Waals surface area contributed by atoms with Crippen molar-refractivity contribution in [3.63, 3.8) is 0 Å². The molecule has 1 aliphatic carbocycles. The summed E-state index contributed by atoms with van der Waals surface area (Å²) in [5.74, 6) is 0. The van der Waals surface area contributed by atoms with E-state index in [0.717, 1.165) is 56.4 Å². The first-order valence-corrected chi connectivity index (χ1v) is 10.7. The molecule has 0 unspecified atom stereocenters. The molecular formula is C22H31N5O. The van der Waals surface area contributed by atoms with E-state index in [9.17, 15) is 4.79 Å². The Balaban J connectivity index is 1.57. The fourth-order valence-corrected chi connectivity index (χ4v) is 5.94. The van der Waals surface area contributed by atoms with Gasteiger partial charge < -0.3 is 9.80 Å². The van der Waals surface area contributed by atoms with Crippen molar-refractivity contribution in [1.29, 1.82) is 0 Å². The minimum Gasteiger partial charge on any atom is -0.325 e. The Labute approximate surface area is 166 Å². The average Bonchev–Trinajstić information content (AvgIpc) is 3.04. The van der Waals surface area contributed by atoms with Crippen molar-refractivity contribution < 1.29 is 4.79 Å². The van der Waals surface area contributed by atoms with Crippen molar-refractivity contribution in [3.05, 3.63) is 23.3 Å². The number of fused-ring (bicyclic) bond motifs is 5. The van der Waals surface area contributed by atoms with Crippen LogP contribution < -0.4 is 0 Å². The molecule has 1 aromatic heterocycles. The van der Waals surface area contributed by atoms with E-state index >= 15 is 0 Å². The number of carbonyl (C=O) groups is 1. The van der Waals surface area contributed by atoms with Gasteiger partial charge in [0.25, 0.3) is 0 Å². The molecule has 3 aliphatic rings. The van der Waals surface area contributed by atoms with Gasteiger partial charge in [-0.15, -0.1) is 5.10 Å². The lowest BCUT2D eigenvalue weighted by molar-refractivity contribution is -0.0241. The predicted octanol–water partition coefficient (Wildman–Crippen LogP) is 3.49. The third-order valence-electron chi connectivity index (χ3n) is 8.20. The molecule has 2 saturated heterocycles. The molecule has 150 valence electrons. The Morgan fingerprint density at radius 1 is 1.11 bits per heavy atom. The van der Waals surface area contributed by atoms with E-state index in [1.165, 1.54) is 17.5 Å². The molecule has 28 heavy (non-hydrogen) atoms. The van der Waals surface area contributed by atoms with Crippen LogP contribution in [0, 0.1) is 5.41 Å². The number of carbonyl (C=O) groups excluding carboxylic acids is 1. The van der Waals surface area contributed by atoms with E-state index in [0.29, 0.717) is 0 Å². The van der Waals surface area contributed by atoms with Crippen molar-refractivity contribution >= 4 is 17.1 Å². The van der Waals surface area contributed by atoms with Gasteiger partial charge in [-0.1, -0.05) is 26.0 Å². The summed E-state index contributed by atoms with van der Waals surface area (Å²) in [5.41, 5.74) is 4.88. The van der Waals surface area contributed by atoms with Crippen LogP contribution in [0.3, 0.4) is 0 Å². The minimum atomic E-state index is 0.0135. The summed E-state index contributed by atoms with van der Waals surface area (Å²) in [5, 5.41) is 8.57. The molecule has 0 N–H and O–H groups in total. The van der Waals surface area contributed by atoms with Gasteiger partial charge in [0.1, 0.15) is 5.52 Å². The first-order chi connectivity index (χ1) is 13.3. The number of aromatic nitrogens is 3. The van der Waals surface area contributed by atoms with Gasteiger partial charge >= 0.3 is 6.03 Å². The summed E-state index contributed by atoms with van der Waals surface area (Å²) in [6.45, 7) is 9.78. The fraction of sp³-hybridized carbons (Fsp3) is 0.682. The molecule has 6 heteroatoms. The van der Waals surface area contributed by atoms with Gasteiger partial charge in [-0.25, -0.2) is 9.48 Å². The zero-order chi connectivity index (χ0) is 19.7. The van der Waals surface area contributed by atoms with Gasteiger partial charge in [-0.3, -0.25) is 0 Å². The largest absolute Gasteiger partial charge is 0.325 e. The summed E-state index contributed by atoms with van der Waals surface area (Å²) < 4.78 is 1.85. The Bertz CT molecular complexity index is 942. The molecule has 2 bridgehead atoms. The van der Waals surface area contributed by atoms with Crippen LogP contribution in [0.15, 0.2) is 12.1 Å². The number of nitrogens with zero attached hydrogens (tertiary/aromatic N) is 5. The molecule has 5 rings (SSSR count). The second kappa shape index (κ2) is 5.94. The lowest BCUT2D eigenvalue weighted by atomic mass is 9.51. The summed E-state index contributed by atoms with van der Waals surface area (Å²) >= 11 is 0. The highest BCUT2D eigenvalue weighted by atomic mass is 16.2. The van der Waals surface area contributed by atoms with Crippen LogP contribution in [0.25, 0.3) is 11.0 Å². The van der Waals surface area contributed by atoms with E-state index in [1.807, 2.05) is 11.7 Å². The van der Waals surface area contributed by atoms with E-state index < -0.39 is 0 Å². The number of aryl methyl sites for hydroxylation is 1. The van der Waals surface area contributed by atoms with Gasteiger partial charge in [0, 0.05) is 38.1 Å². The number of urea groups is 1. The predicted molar refractivity (Wildman–Crippen MR) is 109 cm³/mol. The summed E-state index contributed by atoms with van der Waals surface area (Å²) in [6, 6.07) is 5.01. The number of hydrogen-bond donors (Lipinski definition) is 0. The van der Waals surface area contributed by atoms with Crippen molar-refractivity contribution in [2.75, 3.05) is 19.6 Å². The lowest BCUT2D eigenvalue weighted by Gasteiger charge is -2.61. The van der Waals surface area contributed by atoms with Crippen LogP contribution >= 0.6 is 0 Å². The topological polar surface area (TPSA) is 54.3 Å². The van der Waals surface area contributed by atoms with Crippen molar-refractivity contribution in [1.82, 2.24) is 24.8 Å². The number of likely N-dealkylation sites (tertiary alicyclic amines) is 2. The molecule has 3 heterocycles. The molecule has 2 atom stereocenters. The van der Waals surface area contributed by atoms with Crippen LogP contribution in [0.4, 0.5) is 4.79 Å². The monoisotopic (exact) mass is 381 g/mol. The maximum atomic E-state index is 13.4. The number of benzene rings is 1. The van der Waals surface area contributed by atoms with Crippen molar-refractivity contribution in [3.8, 4) is 0 Å². The third kappa shape index (κ3) is 2.29. The Kier molecular flexibility index (Phi) is 3.81. The second-order valence-electron chi connectivity index (χ2n) is 9.76. The summed E-state index contributed by atoms with van der Waals surface area (Å²) in [6.07, 6.45) is 5.44. The van der Waals surface area contributed by atoms with Crippen molar-refractivity contribution in [2.45, 2.75) is 64.3 Å². The number of hydrogen-bond acceptors (Lipinski definition) is 3. The minimum absolute atomic E-state index is 0.0135. The Morgan fingerprint density at radius 2 is 1.86 bits per heavy atom. The van der Waals surface area contributed by atoms with E-state index in [4.69, 9.17) is 0 Å². The van der Waals surface area contributed by atoms with E-state index in [1.54, 1.807) is 0 Å². The lowest BCUT2D eigenvalue weighted by Crippen LogP contribution is -2.66. The average molecular weight is 382 g/mol. The van der Waals surface area contributed by atoms with E-state index in [-0.39, 0.29) is 22.9 Å². The molecule has 2 aromatic rings. The van der Waals surface area contributed by atoms with Gasteiger partial charge in [0.05, 0.1) is 5.52 Å². The Morgan fingerprint density at radius 3 is 2.61 bits per heavy atom. The maximum absolute atomic E-state index is 13.4. The van der Waals surface area contributed by atoms with Gasteiger partial charge in [-0.2, -0.15) is 0 Å². The van der Waals surface area contributed by atoms with Gasteiger partial charge in [0.15, 0.2) is 0 Å². The van der Waals surface area contributed by atoms with Crippen LogP contribution in [0.5, 0.6) is 0 Å². The molecule has 6 nitrogen and oxygen atoms in total. The quantitative estimate of drug-likeness (QED) is 0.702. The molecule has 0 saturated carbocycles. The molecule has 2 amide bonds. The number of piperidine rings is 2. The summed E-state index contributed by atoms with van der Waals surface area (Å²) in [7, 11) is 1.95. The second-order valence-corrected chi connectivity index (χ2v) is 9.76. The summed E-state index contributed by atoms with van der Waals surface area (Å²) in [4.78, 5) is 17.7. The Hall–Kier alpha value is -2.11. The molecule has 0 spiro atoms. The SMILES string of the molecule is Cn1nnc2cc3c(cc21)C[C@H]1N(C(=O)N2CCCCC2)CC[C@]3(C)C1(C)C. The first kappa shape index (κ1) is 18.0. The standard InChI is InChI=1S/C22H31N5O/c1-21(2)19-13-15-12-18-17(23-24-25(18)4)14-16(15)22(21,3)8-11-27(19)20(28)26-9-6-5-7-10-26/h12,14,19H,5-11,13H2,1-4H3/t19-,22+/m1/s1. The molecular weight excluding hydrogens is 350 g/mol. The van der Waals surface area contributed by atoms with E-state index in [2.05, 4.69) is 53.0 Å². The number of rotatable bonds is 0.